The van der Waals surface area contributed by atoms with E-state index in [0.717, 1.165) is 28.0 Å². The highest BCUT2D eigenvalue weighted by Gasteiger charge is 2.37. The van der Waals surface area contributed by atoms with Crippen molar-refractivity contribution in [1.82, 2.24) is 9.97 Å². The smallest absolute Gasteiger partial charge is 0.255 e. The molecule has 1 atom stereocenters. The van der Waals surface area contributed by atoms with Crippen molar-refractivity contribution in [2.75, 3.05) is 30.0 Å². The van der Waals surface area contributed by atoms with Crippen LogP contribution >= 0.6 is 0 Å². The quantitative estimate of drug-likeness (QED) is 0.674. The number of imidazole rings is 1. The highest BCUT2D eigenvalue weighted by atomic mass is 19.3. The van der Waals surface area contributed by atoms with E-state index in [0.29, 0.717) is 18.8 Å². The molecule has 160 valence electrons. The number of alkyl halides is 2. The van der Waals surface area contributed by atoms with E-state index in [4.69, 9.17) is 4.74 Å². The molecule has 1 unspecified atom stereocenters. The van der Waals surface area contributed by atoms with Gasteiger partial charge in [-0.3, -0.25) is 9.69 Å². The number of carbonyl (C=O) groups excluding carboxylic acids is 1. The monoisotopic (exact) mass is 424 g/mol. The van der Waals surface area contributed by atoms with E-state index in [2.05, 4.69) is 9.97 Å². The lowest BCUT2D eigenvalue weighted by atomic mass is 10.0. The van der Waals surface area contributed by atoms with E-state index in [9.17, 15) is 13.6 Å². The molecule has 0 aliphatic carbocycles. The fraction of sp³-hybridized carbons (Fsp3) is 0.304. The van der Waals surface area contributed by atoms with Crippen molar-refractivity contribution in [3.8, 4) is 0 Å². The maximum atomic E-state index is 13.5. The number of rotatable bonds is 4. The fourth-order valence-electron chi connectivity index (χ4n) is 4.31. The van der Waals surface area contributed by atoms with Gasteiger partial charge < -0.3 is 14.6 Å². The molecule has 1 saturated heterocycles. The molecule has 2 aromatic carbocycles. The maximum absolute atomic E-state index is 13.5. The van der Waals surface area contributed by atoms with Gasteiger partial charge in [-0.05, 0) is 35.9 Å². The van der Waals surface area contributed by atoms with Crippen molar-refractivity contribution in [3.63, 3.8) is 0 Å². The number of nitrogens with zero attached hydrogens (tertiary/aromatic N) is 3. The number of amides is 1. The summed E-state index contributed by atoms with van der Waals surface area (Å²) in [6, 6.07) is 12.9. The normalized spacial score (nSPS) is 20.9. The third-order valence-electron chi connectivity index (χ3n) is 6.02. The Balaban J connectivity index is 1.44. The molecule has 0 spiro atoms. The van der Waals surface area contributed by atoms with E-state index < -0.39 is 12.0 Å². The molecule has 5 rings (SSSR count). The summed E-state index contributed by atoms with van der Waals surface area (Å²) < 4.78 is 32.5. The minimum Gasteiger partial charge on any atom is -0.498 e. The van der Waals surface area contributed by atoms with Crippen molar-refractivity contribution < 1.29 is 18.3 Å². The Bertz CT molecular complexity index is 1150. The van der Waals surface area contributed by atoms with Gasteiger partial charge in [0.1, 0.15) is 11.8 Å². The molecule has 1 fully saturated rings. The SMILES string of the molecule is COC1=CC(=O)N(c2ccc3[nH]cnc3c2)C1c1ccc(N2CCC(F)(F)CC2)cc1. The average Bonchev–Trinajstić information content (AvgIpc) is 3.37. The van der Waals surface area contributed by atoms with E-state index in [1.165, 1.54) is 6.08 Å². The van der Waals surface area contributed by atoms with E-state index in [1.54, 1.807) is 18.3 Å². The van der Waals surface area contributed by atoms with Crippen LogP contribution < -0.4 is 9.80 Å². The number of anilines is 2. The number of ether oxygens (including phenoxy) is 1. The number of hydrogen-bond donors (Lipinski definition) is 1. The Hall–Kier alpha value is -3.42. The molecule has 8 heteroatoms. The second-order valence-electron chi connectivity index (χ2n) is 7.90. The zero-order valence-corrected chi connectivity index (χ0v) is 17.0. The lowest BCUT2D eigenvalue weighted by Gasteiger charge is -2.33. The number of fused-ring (bicyclic) bond motifs is 1. The Morgan fingerprint density at radius 2 is 1.81 bits per heavy atom. The molecule has 2 aliphatic rings. The van der Waals surface area contributed by atoms with Crippen molar-refractivity contribution in [1.29, 1.82) is 0 Å². The number of H-pyrrole nitrogens is 1. The van der Waals surface area contributed by atoms with Gasteiger partial charge >= 0.3 is 0 Å². The van der Waals surface area contributed by atoms with Gasteiger partial charge in [0.25, 0.3) is 11.8 Å². The zero-order chi connectivity index (χ0) is 21.6. The number of halogens is 2. The Morgan fingerprint density at radius 3 is 2.52 bits per heavy atom. The van der Waals surface area contributed by atoms with E-state index in [1.807, 2.05) is 47.4 Å². The molecule has 0 bridgehead atoms. The number of methoxy groups -OCH3 is 1. The first-order chi connectivity index (χ1) is 14.9. The summed E-state index contributed by atoms with van der Waals surface area (Å²) in [6.45, 7) is 0.653. The molecular weight excluding hydrogens is 402 g/mol. The molecular formula is C23H22F2N4O2. The number of aromatic amines is 1. The minimum atomic E-state index is -2.57. The first-order valence-corrected chi connectivity index (χ1v) is 10.2. The van der Waals surface area contributed by atoms with Gasteiger partial charge in [0.15, 0.2) is 0 Å². The summed E-state index contributed by atoms with van der Waals surface area (Å²) >= 11 is 0. The lowest BCUT2D eigenvalue weighted by molar-refractivity contribution is -0.113. The molecule has 0 saturated carbocycles. The second-order valence-corrected chi connectivity index (χ2v) is 7.90. The van der Waals surface area contributed by atoms with Crippen molar-refractivity contribution >= 4 is 28.3 Å². The number of nitrogens with one attached hydrogen (secondary N) is 1. The molecule has 1 amide bonds. The highest BCUT2D eigenvalue weighted by Crippen LogP contribution is 2.39. The Labute approximate surface area is 178 Å². The second kappa shape index (κ2) is 7.37. The van der Waals surface area contributed by atoms with Gasteiger partial charge in [-0.2, -0.15) is 0 Å². The van der Waals surface area contributed by atoms with Gasteiger partial charge in [-0.15, -0.1) is 0 Å². The minimum absolute atomic E-state index is 0.133. The summed E-state index contributed by atoms with van der Waals surface area (Å²) in [6.07, 6.45) is 2.85. The molecule has 6 nitrogen and oxygen atoms in total. The highest BCUT2D eigenvalue weighted by molar-refractivity contribution is 6.06. The molecule has 1 aromatic heterocycles. The maximum Gasteiger partial charge on any atom is 0.255 e. The van der Waals surface area contributed by atoms with Crippen LogP contribution in [-0.4, -0.2) is 42.0 Å². The fourth-order valence-corrected chi connectivity index (χ4v) is 4.31. The van der Waals surface area contributed by atoms with Crippen LogP contribution in [0.25, 0.3) is 11.0 Å². The van der Waals surface area contributed by atoms with Crippen LogP contribution in [0.5, 0.6) is 0 Å². The lowest BCUT2D eigenvalue weighted by Crippen LogP contribution is -2.39. The number of carbonyl (C=O) groups is 1. The van der Waals surface area contributed by atoms with Crippen molar-refractivity contribution in [2.45, 2.75) is 24.8 Å². The van der Waals surface area contributed by atoms with Crippen LogP contribution in [0, 0.1) is 0 Å². The molecule has 3 aromatic rings. The summed E-state index contributed by atoms with van der Waals surface area (Å²) in [5.74, 6) is -2.19. The predicted octanol–water partition coefficient (Wildman–Crippen LogP) is 4.42. The number of aromatic nitrogens is 2. The van der Waals surface area contributed by atoms with Crippen LogP contribution in [0.15, 0.2) is 60.6 Å². The molecule has 3 heterocycles. The molecule has 0 radical (unpaired) electrons. The van der Waals surface area contributed by atoms with Crippen LogP contribution in [0.4, 0.5) is 20.2 Å². The summed E-state index contributed by atoms with van der Waals surface area (Å²) in [4.78, 5) is 23.8. The van der Waals surface area contributed by atoms with Crippen LogP contribution in [0.2, 0.25) is 0 Å². The topological polar surface area (TPSA) is 61.5 Å². The largest absolute Gasteiger partial charge is 0.498 e. The number of piperidine rings is 1. The standard InChI is InChI=1S/C23H22F2N4O2/c1-31-20-13-21(30)29(17-6-7-18-19(12-17)27-14-26-18)22(20)15-2-4-16(5-3-15)28-10-8-23(24,25)9-11-28/h2-7,12-14,22H,8-11H2,1H3,(H,26,27). The van der Waals surface area contributed by atoms with E-state index >= 15 is 0 Å². The third kappa shape index (κ3) is 3.52. The molecule has 2 aliphatic heterocycles. The van der Waals surface area contributed by atoms with E-state index in [-0.39, 0.29) is 18.7 Å². The van der Waals surface area contributed by atoms with Gasteiger partial charge in [-0.1, -0.05) is 12.1 Å². The predicted molar refractivity (Wildman–Crippen MR) is 114 cm³/mol. The number of benzene rings is 2. The Morgan fingerprint density at radius 1 is 1.10 bits per heavy atom. The summed E-state index contributed by atoms with van der Waals surface area (Å²) in [5, 5.41) is 0. The van der Waals surface area contributed by atoms with Gasteiger partial charge in [0.05, 0.1) is 24.5 Å². The van der Waals surface area contributed by atoms with Gasteiger partial charge in [0, 0.05) is 43.4 Å². The zero-order valence-electron chi connectivity index (χ0n) is 17.0. The summed E-state index contributed by atoms with van der Waals surface area (Å²) in [5.41, 5.74) is 4.17. The van der Waals surface area contributed by atoms with Crippen LogP contribution in [-0.2, 0) is 9.53 Å². The van der Waals surface area contributed by atoms with Gasteiger partial charge in [-0.25, -0.2) is 13.8 Å². The Kier molecular flexibility index (Phi) is 4.64. The first-order valence-electron chi connectivity index (χ1n) is 10.2. The molecule has 1 N–H and O–H groups in total. The molecule has 31 heavy (non-hydrogen) atoms. The van der Waals surface area contributed by atoms with Crippen molar-refractivity contribution in [2.24, 2.45) is 0 Å². The summed E-state index contributed by atoms with van der Waals surface area (Å²) in [7, 11) is 1.55. The number of hydrogen-bond acceptors (Lipinski definition) is 4. The van der Waals surface area contributed by atoms with Crippen LogP contribution in [0.1, 0.15) is 24.4 Å². The van der Waals surface area contributed by atoms with Gasteiger partial charge in [0.2, 0.25) is 0 Å². The first kappa shape index (κ1) is 19.5. The van der Waals surface area contributed by atoms with Crippen molar-refractivity contribution in [3.05, 3.63) is 66.2 Å². The third-order valence-corrected chi connectivity index (χ3v) is 6.02. The van der Waals surface area contributed by atoms with Crippen LogP contribution in [0.3, 0.4) is 0 Å². The average molecular weight is 424 g/mol.